The van der Waals surface area contributed by atoms with Crippen molar-refractivity contribution in [2.45, 2.75) is 78.1 Å². The number of rotatable bonds is 19. The van der Waals surface area contributed by atoms with Gasteiger partial charge < -0.3 is 20.1 Å². The zero-order valence-corrected chi connectivity index (χ0v) is 26.5. The summed E-state index contributed by atoms with van der Waals surface area (Å²) in [5, 5.41) is 10.6. The molecule has 6 heteroatoms. The molecule has 0 fully saturated rings. The number of fused-ring (bicyclic) bond motifs is 2. The highest BCUT2D eigenvalue weighted by atomic mass is 16.5. The van der Waals surface area contributed by atoms with Crippen LogP contribution < -0.4 is 20.1 Å². The van der Waals surface area contributed by atoms with Crippen LogP contribution in [0.25, 0.3) is 21.5 Å². The van der Waals surface area contributed by atoms with Crippen molar-refractivity contribution in [1.29, 1.82) is 0 Å². The smallest absolute Gasteiger partial charge is 0.216 e. The molecule has 0 atom stereocenters. The van der Waals surface area contributed by atoms with Gasteiger partial charge in [0.15, 0.2) is 0 Å². The summed E-state index contributed by atoms with van der Waals surface area (Å²) in [5.41, 5.74) is 2.46. The van der Waals surface area contributed by atoms with E-state index in [1.807, 2.05) is 0 Å². The number of hydrogen-bond donors (Lipinski definition) is 2. The molecule has 2 N–H and O–H groups in total. The van der Waals surface area contributed by atoms with E-state index in [1.165, 1.54) is 71.2 Å². The fourth-order valence-corrected chi connectivity index (χ4v) is 5.64. The van der Waals surface area contributed by atoms with E-state index in [2.05, 4.69) is 83.4 Å². The molecule has 234 valence electrons. The Labute approximate surface area is 262 Å². The summed E-state index contributed by atoms with van der Waals surface area (Å²) < 4.78 is 12.2. The van der Waals surface area contributed by atoms with Gasteiger partial charge in [-0.25, -0.2) is 0 Å². The lowest BCUT2D eigenvalue weighted by atomic mass is 10.0. The third kappa shape index (κ3) is 10.9. The van der Waals surface area contributed by atoms with E-state index in [4.69, 9.17) is 9.47 Å². The van der Waals surface area contributed by atoms with E-state index in [0.717, 1.165) is 50.4 Å². The molecule has 0 aromatic heterocycles. The van der Waals surface area contributed by atoms with Gasteiger partial charge in [-0.2, -0.15) is 0 Å². The Bertz CT molecular complexity index is 1390. The van der Waals surface area contributed by atoms with Crippen LogP contribution in [-0.2, 0) is 22.4 Å². The number of ether oxygens (including phenoxy) is 2. The number of carbonyl (C=O) groups excluding carboxylic acids is 2. The van der Waals surface area contributed by atoms with Crippen LogP contribution in [0.4, 0.5) is 0 Å². The highest BCUT2D eigenvalue weighted by molar-refractivity contribution is 5.88. The second-order valence-electron chi connectivity index (χ2n) is 11.6. The third-order valence-corrected chi connectivity index (χ3v) is 8.00. The molecule has 0 bridgehead atoms. The van der Waals surface area contributed by atoms with E-state index in [1.54, 1.807) is 13.8 Å². The molecule has 4 aromatic rings. The van der Waals surface area contributed by atoms with Crippen molar-refractivity contribution in [3.8, 4) is 11.5 Å². The highest BCUT2D eigenvalue weighted by Gasteiger charge is 2.06. The van der Waals surface area contributed by atoms with Crippen LogP contribution in [0.3, 0.4) is 0 Å². The van der Waals surface area contributed by atoms with Crippen molar-refractivity contribution >= 4 is 33.4 Å². The first-order valence-electron chi connectivity index (χ1n) is 16.3. The Morgan fingerprint density at radius 1 is 0.545 bits per heavy atom. The van der Waals surface area contributed by atoms with Crippen molar-refractivity contribution < 1.29 is 19.1 Å². The molecule has 0 unspecified atom stereocenters. The van der Waals surface area contributed by atoms with Gasteiger partial charge in [0.25, 0.3) is 0 Å². The molecule has 0 aliphatic carbocycles. The van der Waals surface area contributed by atoms with E-state index in [-0.39, 0.29) is 11.8 Å². The van der Waals surface area contributed by atoms with Gasteiger partial charge in [-0.1, -0.05) is 87.1 Å². The van der Waals surface area contributed by atoms with Crippen LogP contribution in [0.2, 0.25) is 0 Å². The Kier molecular flexibility index (Phi) is 13.4. The lowest BCUT2D eigenvalue weighted by Gasteiger charge is -2.11. The first kappa shape index (κ1) is 32.8. The number of benzene rings is 4. The van der Waals surface area contributed by atoms with Crippen LogP contribution in [0.15, 0.2) is 72.8 Å². The van der Waals surface area contributed by atoms with E-state index in [9.17, 15) is 9.59 Å². The molecule has 0 aliphatic rings. The lowest BCUT2D eigenvalue weighted by molar-refractivity contribution is -0.119. The Balaban J connectivity index is 1.06. The van der Waals surface area contributed by atoms with Crippen LogP contribution in [0, 0.1) is 0 Å². The van der Waals surface area contributed by atoms with Crippen LogP contribution in [0.1, 0.15) is 76.3 Å². The monoisotopic (exact) mass is 596 g/mol. The van der Waals surface area contributed by atoms with Crippen LogP contribution in [0.5, 0.6) is 11.5 Å². The molecule has 0 saturated heterocycles. The fourth-order valence-electron chi connectivity index (χ4n) is 5.64. The third-order valence-electron chi connectivity index (χ3n) is 8.00. The summed E-state index contributed by atoms with van der Waals surface area (Å²) in [6, 6.07) is 25.2. The second kappa shape index (κ2) is 17.9. The molecule has 0 spiro atoms. The zero-order valence-electron chi connectivity index (χ0n) is 26.5. The van der Waals surface area contributed by atoms with E-state index >= 15 is 0 Å². The summed E-state index contributed by atoms with van der Waals surface area (Å²) in [6.45, 7) is 5.86. The number of hydrogen-bond acceptors (Lipinski definition) is 4. The van der Waals surface area contributed by atoms with Gasteiger partial charge >= 0.3 is 0 Å². The van der Waals surface area contributed by atoms with Crippen LogP contribution >= 0.6 is 0 Å². The van der Waals surface area contributed by atoms with Crippen LogP contribution in [-0.4, -0.2) is 38.1 Å². The van der Waals surface area contributed by atoms with Crippen molar-refractivity contribution in [1.82, 2.24) is 10.6 Å². The quantitative estimate of drug-likeness (QED) is 0.108. The topological polar surface area (TPSA) is 76.7 Å². The van der Waals surface area contributed by atoms with Crippen molar-refractivity contribution in [3.63, 3.8) is 0 Å². The molecular formula is C38H48N2O4. The Morgan fingerprint density at radius 3 is 1.36 bits per heavy atom. The molecule has 0 aliphatic heterocycles. The molecule has 0 heterocycles. The minimum atomic E-state index is 0.00404. The Hall–Kier alpha value is -4.06. The second-order valence-corrected chi connectivity index (χ2v) is 11.6. The normalized spacial score (nSPS) is 11.0. The average molecular weight is 597 g/mol. The fraction of sp³-hybridized carbons (Fsp3) is 0.421. The summed E-state index contributed by atoms with van der Waals surface area (Å²) in [6.07, 6.45) is 11.1. The largest absolute Gasteiger partial charge is 0.494 e. The minimum Gasteiger partial charge on any atom is -0.494 e. The van der Waals surface area contributed by atoms with E-state index < -0.39 is 0 Å². The number of unbranched alkanes of at least 4 members (excludes halogenated alkanes) is 7. The summed E-state index contributed by atoms with van der Waals surface area (Å²) in [7, 11) is 0. The van der Waals surface area contributed by atoms with Gasteiger partial charge in [0.1, 0.15) is 11.5 Å². The maximum Gasteiger partial charge on any atom is 0.216 e. The minimum absolute atomic E-state index is 0.00404. The highest BCUT2D eigenvalue weighted by Crippen LogP contribution is 2.26. The van der Waals surface area contributed by atoms with Gasteiger partial charge in [0.05, 0.1) is 13.2 Å². The molecule has 2 amide bonds. The van der Waals surface area contributed by atoms with Gasteiger partial charge in [0.2, 0.25) is 11.8 Å². The first-order chi connectivity index (χ1) is 21.5. The molecular weight excluding hydrogens is 548 g/mol. The van der Waals surface area contributed by atoms with Gasteiger partial charge in [-0.3, -0.25) is 9.59 Å². The van der Waals surface area contributed by atoms with Gasteiger partial charge in [-0.15, -0.1) is 0 Å². The standard InChI is InChI=1S/C38H48N2O4/c1-29(41)39-23-21-33-15-11-13-31-17-19-35(27-37(31)33)43-25-9-7-5-3-4-6-8-10-26-44-36-20-18-32-14-12-16-34(38(32)28-36)22-24-40-30(2)42/h11-20,27-28H,3-10,21-26H2,1-2H3,(H,39,41)(H,40,42). The number of carbonyl (C=O) groups is 2. The Morgan fingerprint density at radius 2 is 0.955 bits per heavy atom. The van der Waals surface area contributed by atoms with Crippen molar-refractivity contribution in [2.24, 2.45) is 0 Å². The summed E-state index contributed by atoms with van der Waals surface area (Å²) >= 11 is 0. The predicted octanol–water partition coefficient (Wildman–Crippen LogP) is 7.93. The molecule has 44 heavy (non-hydrogen) atoms. The van der Waals surface area contributed by atoms with Gasteiger partial charge in [0, 0.05) is 26.9 Å². The lowest BCUT2D eigenvalue weighted by Crippen LogP contribution is -2.22. The number of nitrogens with one attached hydrogen (secondary N) is 2. The number of amides is 2. The SMILES string of the molecule is CC(=O)NCCc1cccc2ccc(OCCCCCCCCCCOc3ccc4cccc(CCNC(C)=O)c4c3)cc12. The zero-order chi connectivity index (χ0) is 31.0. The maximum absolute atomic E-state index is 11.2. The molecule has 0 radical (unpaired) electrons. The summed E-state index contributed by atoms with van der Waals surface area (Å²) in [4.78, 5) is 22.4. The van der Waals surface area contributed by atoms with Crippen molar-refractivity contribution in [2.75, 3.05) is 26.3 Å². The predicted molar refractivity (Wildman–Crippen MR) is 181 cm³/mol. The van der Waals surface area contributed by atoms with Crippen molar-refractivity contribution in [3.05, 3.63) is 83.9 Å². The van der Waals surface area contributed by atoms with Gasteiger partial charge in [-0.05, 0) is 82.6 Å². The average Bonchev–Trinajstić information content (AvgIpc) is 3.01. The molecule has 6 nitrogen and oxygen atoms in total. The molecule has 4 aromatic carbocycles. The first-order valence-corrected chi connectivity index (χ1v) is 16.3. The molecule has 4 rings (SSSR count). The molecule has 0 saturated carbocycles. The summed E-state index contributed by atoms with van der Waals surface area (Å²) in [5.74, 6) is 1.84. The maximum atomic E-state index is 11.2. The van der Waals surface area contributed by atoms with E-state index in [0.29, 0.717) is 13.1 Å².